The van der Waals surface area contributed by atoms with E-state index in [4.69, 9.17) is 9.97 Å². The Morgan fingerprint density at radius 1 is 1.13 bits per heavy atom. The van der Waals surface area contributed by atoms with E-state index in [1.165, 1.54) is 5.56 Å². The number of carbonyl (C=O) groups excluding carboxylic acids is 1. The Balaban J connectivity index is 1.70. The van der Waals surface area contributed by atoms with Crippen molar-refractivity contribution >= 4 is 44.3 Å². The molecule has 0 saturated heterocycles. The fourth-order valence-electron chi connectivity index (χ4n) is 3.66. The fourth-order valence-corrected chi connectivity index (χ4v) is 4.49. The van der Waals surface area contributed by atoms with Gasteiger partial charge in [-0.2, -0.15) is 0 Å². The number of anilines is 1. The van der Waals surface area contributed by atoms with Crippen molar-refractivity contribution in [1.82, 2.24) is 9.97 Å². The number of halogens is 1. The third-order valence-corrected chi connectivity index (χ3v) is 6.52. The van der Waals surface area contributed by atoms with Crippen molar-refractivity contribution in [1.29, 1.82) is 0 Å². The van der Waals surface area contributed by atoms with Crippen LogP contribution in [0.2, 0.25) is 0 Å². The number of carbonyl (C=O) groups is 1. The maximum Gasteiger partial charge on any atom is 0.230 e. The zero-order valence-corrected chi connectivity index (χ0v) is 19.3. The van der Waals surface area contributed by atoms with Crippen molar-refractivity contribution in [3.05, 3.63) is 81.6 Å². The summed E-state index contributed by atoms with van der Waals surface area (Å²) in [5.74, 6) is 0.443. The summed E-state index contributed by atoms with van der Waals surface area (Å²) >= 11 is 5.03. The average Bonchev–Trinajstić information content (AvgIpc) is 2.76. The van der Waals surface area contributed by atoms with Crippen LogP contribution in [0.15, 0.2) is 59.1 Å². The molecular weight excluding hydrogens is 458 g/mol. The molecule has 152 valence electrons. The number of nitrogens with zero attached hydrogens (tertiary/aromatic N) is 2. The van der Waals surface area contributed by atoms with Crippen LogP contribution >= 0.6 is 27.7 Å². The van der Waals surface area contributed by atoms with E-state index in [1.807, 2.05) is 49.6 Å². The molecule has 1 aliphatic rings. The summed E-state index contributed by atoms with van der Waals surface area (Å²) in [6, 6.07) is 16.1. The van der Waals surface area contributed by atoms with Crippen molar-refractivity contribution in [2.45, 2.75) is 26.2 Å². The molecule has 0 spiro atoms. The molecule has 2 aromatic carbocycles. The number of benzene rings is 2. The molecule has 1 aliphatic carbocycles. The molecule has 0 aliphatic heterocycles. The Hall–Kier alpha value is -2.44. The van der Waals surface area contributed by atoms with Gasteiger partial charge in [0.1, 0.15) is 5.69 Å². The van der Waals surface area contributed by atoms with Crippen molar-refractivity contribution in [3.8, 4) is 11.3 Å². The molecule has 4 nitrogen and oxygen atoms in total. The molecule has 4 rings (SSSR count). The molecular formula is C24H22BrN3OS. The highest BCUT2D eigenvalue weighted by Crippen LogP contribution is 2.36. The average molecular weight is 480 g/mol. The maximum absolute atomic E-state index is 12.8. The first kappa shape index (κ1) is 20.8. The summed E-state index contributed by atoms with van der Waals surface area (Å²) in [5.41, 5.74) is 5.97. The monoisotopic (exact) mass is 479 g/mol. The van der Waals surface area contributed by atoms with Gasteiger partial charge in [-0.1, -0.05) is 58.4 Å². The summed E-state index contributed by atoms with van der Waals surface area (Å²) in [7, 11) is 0. The first-order chi connectivity index (χ1) is 14.6. The first-order valence-electron chi connectivity index (χ1n) is 9.83. The predicted octanol–water partition coefficient (Wildman–Crippen LogP) is 5.91. The highest BCUT2D eigenvalue weighted by Gasteiger charge is 2.23. The van der Waals surface area contributed by atoms with Crippen LogP contribution in [0.4, 0.5) is 5.82 Å². The molecule has 0 unspecified atom stereocenters. The lowest BCUT2D eigenvalue weighted by molar-refractivity contribution is -0.115. The Bertz CT molecular complexity index is 1130. The highest BCUT2D eigenvalue weighted by molar-refractivity contribution is 9.10. The summed E-state index contributed by atoms with van der Waals surface area (Å²) < 4.78 is 0.993. The summed E-state index contributed by atoms with van der Waals surface area (Å²) in [6.07, 6.45) is 6.07. The van der Waals surface area contributed by atoms with Gasteiger partial charge in [0.15, 0.2) is 5.82 Å². The van der Waals surface area contributed by atoms with Crippen LogP contribution < -0.4 is 5.32 Å². The Morgan fingerprint density at radius 2 is 1.90 bits per heavy atom. The van der Waals surface area contributed by atoms with Crippen LogP contribution in [0.25, 0.3) is 16.2 Å². The number of nitrogens with one attached hydrogen (secondary N) is 1. The fraction of sp³-hybridized carbons (Fsp3) is 0.208. The van der Waals surface area contributed by atoms with Gasteiger partial charge in [-0.15, -0.1) is 11.8 Å². The number of hydrogen-bond acceptors (Lipinski definition) is 4. The lowest BCUT2D eigenvalue weighted by Crippen LogP contribution is -2.19. The minimum atomic E-state index is -0.0967. The van der Waals surface area contributed by atoms with Gasteiger partial charge in [-0.3, -0.25) is 4.79 Å². The van der Waals surface area contributed by atoms with Gasteiger partial charge in [0, 0.05) is 14.9 Å². The van der Waals surface area contributed by atoms with Crippen molar-refractivity contribution in [2.24, 2.45) is 0 Å². The van der Waals surface area contributed by atoms with Crippen LogP contribution in [0.1, 0.15) is 29.4 Å². The van der Waals surface area contributed by atoms with Gasteiger partial charge in [0.2, 0.25) is 5.91 Å². The minimum Gasteiger partial charge on any atom is -0.309 e. The summed E-state index contributed by atoms with van der Waals surface area (Å²) in [4.78, 5) is 23.6. The van der Waals surface area contributed by atoms with Crippen LogP contribution in [-0.4, -0.2) is 22.1 Å². The van der Waals surface area contributed by atoms with Gasteiger partial charge in [-0.05, 0) is 49.3 Å². The molecule has 0 radical (unpaired) electrons. The van der Waals surface area contributed by atoms with Gasteiger partial charge in [-0.25, -0.2) is 9.97 Å². The normalized spacial score (nSPS) is 12.8. The Labute approximate surface area is 189 Å². The molecule has 30 heavy (non-hydrogen) atoms. The molecule has 1 heterocycles. The molecule has 1 amide bonds. The lowest BCUT2D eigenvalue weighted by Gasteiger charge is -2.21. The van der Waals surface area contributed by atoms with E-state index in [9.17, 15) is 4.79 Å². The number of aromatic nitrogens is 2. The zero-order valence-electron chi connectivity index (χ0n) is 16.9. The van der Waals surface area contributed by atoms with E-state index in [-0.39, 0.29) is 5.91 Å². The largest absolute Gasteiger partial charge is 0.309 e. The third-order valence-electron chi connectivity index (χ3n) is 5.12. The number of rotatable bonds is 5. The SMILES string of the molecule is C/C=C(\SC)c1nc2c(nc1NC(=O)Cc1ccc(Br)cc1)CCc1ccccc1-2. The topological polar surface area (TPSA) is 54.9 Å². The second kappa shape index (κ2) is 9.14. The number of thioether (sulfide) groups is 1. The second-order valence-electron chi connectivity index (χ2n) is 7.08. The molecule has 6 heteroatoms. The Morgan fingerprint density at radius 3 is 2.63 bits per heavy atom. The molecule has 0 fully saturated rings. The van der Waals surface area contributed by atoms with Crippen LogP contribution in [0, 0.1) is 0 Å². The highest BCUT2D eigenvalue weighted by atomic mass is 79.9. The molecule has 3 aromatic rings. The number of hydrogen-bond donors (Lipinski definition) is 1. The van der Waals surface area contributed by atoms with E-state index in [1.54, 1.807) is 11.8 Å². The molecule has 0 saturated carbocycles. The minimum absolute atomic E-state index is 0.0967. The van der Waals surface area contributed by atoms with Crippen molar-refractivity contribution in [2.75, 3.05) is 11.6 Å². The van der Waals surface area contributed by atoms with Crippen molar-refractivity contribution < 1.29 is 4.79 Å². The maximum atomic E-state index is 12.8. The van der Waals surface area contributed by atoms with E-state index in [0.29, 0.717) is 12.2 Å². The molecule has 1 N–H and O–H groups in total. The van der Waals surface area contributed by atoms with E-state index in [0.717, 1.165) is 50.4 Å². The van der Waals surface area contributed by atoms with E-state index < -0.39 is 0 Å². The zero-order chi connectivity index (χ0) is 21.1. The van der Waals surface area contributed by atoms with Crippen LogP contribution in [-0.2, 0) is 24.1 Å². The molecule has 0 atom stereocenters. The standard InChI is InChI=1S/C24H22BrN3OS/c1-3-20(30-2)23-24(27-21(29)14-15-8-11-17(25)12-9-15)26-19-13-10-16-6-4-5-7-18(16)22(19)28-23/h3-9,11-12H,10,13-14H2,1-2H3,(H,26,27,29)/b20-3-. The second-order valence-corrected chi connectivity index (χ2v) is 8.85. The lowest BCUT2D eigenvalue weighted by atomic mass is 9.92. The molecule has 0 bridgehead atoms. The Kier molecular flexibility index (Phi) is 6.35. The number of fused-ring (bicyclic) bond motifs is 3. The van der Waals surface area contributed by atoms with Crippen LogP contribution in [0.5, 0.6) is 0 Å². The van der Waals surface area contributed by atoms with Gasteiger partial charge < -0.3 is 5.32 Å². The van der Waals surface area contributed by atoms with Gasteiger partial charge in [0.25, 0.3) is 0 Å². The van der Waals surface area contributed by atoms with E-state index >= 15 is 0 Å². The predicted molar refractivity (Wildman–Crippen MR) is 129 cm³/mol. The van der Waals surface area contributed by atoms with E-state index in [2.05, 4.69) is 39.4 Å². The number of allylic oxidation sites excluding steroid dienone is 1. The van der Waals surface area contributed by atoms with Gasteiger partial charge in [0.05, 0.1) is 17.8 Å². The number of aryl methyl sites for hydroxylation is 2. The summed E-state index contributed by atoms with van der Waals surface area (Å²) in [6.45, 7) is 1.98. The third kappa shape index (κ3) is 4.35. The summed E-state index contributed by atoms with van der Waals surface area (Å²) in [5, 5.41) is 3.02. The quantitative estimate of drug-likeness (QED) is 0.493. The van der Waals surface area contributed by atoms with Crippen LogP contribution in [0.3, 0.4) is 0 Å². The first-order valence-corrected chi connectivity index (χ1v) is 11.8. The molecule has 1 aromatic heterocycles. The smallest absolute Gasteiger partial charge is 0.230 e. The number of amides is 1. The van der Waals surface area contributed by atoms with Gasteiger partial charge >= 0.3 is 0 Å². The van der Waals surface area contributed by atoms with Crippen molar-refractivity contribution in [3.63, 3.8) is 0 Å².